The van der Waals surface area contributed by atoms with Gasteiger partial charge in [0, 0.05) is 12.5 Å². The minimum absolute atomic E-state index is 0.0840. The molecule has 0 radical (unpaired) electrons. The number of hydrogen-bond donors (Lipinski definition) is 0. The normalized spacial score (nSPS) is 10.4. The van der Waals surface area contributed by atoms with Crippen molar-refractivity contribution >= 4 is 11.5 Å². The van der Waals surface area contributed by atoms with Crippen LogP contribution in [-0.4, -0.2) is 10.7 Å². The van der Waals surface area contributed by atoms with Crippen LogP contribution in [0.5, 0.6) is 0 Å². The largest absolute Gasteiger partial charge is 0.453 e. The second-order valence-corrected chi connectivity index (χ2v) is 3.86. The van der Waals surface area contributed by atoms with Crippen LogP contribution < -0.4 is 0 Å². The number of nitro groups is 1. The first-order chi connectivity index (χ1) is 9.02. The van der Waals surface area contributed by atoms with E-state index in [2.05, 4.69) is 0 Å². The number of non-ortho nitro benzene ring substituents is 1. The van der Waals surface area contributed by atoms with E-state index in [1.165, 1.54) is 24.3 Å². The second kappa shape index (κ2) is 5.01. The van der Waals surface area contributed by atoms with Crippen LogP contribution in [0.15, 0.2) is 34.7 Å². The van der Waals surface area contributed by atoms with Crippen molar-refractivity contribution in [2.24, 2.45) is 0 Å². The summed E-state index contributed by atoms with van der Waals surface area (Å²) in [6.07, 6.45) is 0.287. The highest BCUT2D eigenvalue weighted by Gasteiger charge is 2.16. The summed E-state index contributed by atoms with van der Waals surface area (Å²) in [7, 11) is 0. The molecular weight excluding hydrogens is 253 g/mol. The van der Waals surface area contributed by atoms with E-state index >= 15 is 0 Å². The number of carbonyl (C=O) groups is 1. The van der Waals surface area contributed by atoms with Crippen molar-refractivity contribution in [3.63, 3.8) is 0 Å². The Morgan fingerprint density at radius 1 is 1.37 bits per heavy atom. The Kier molecular flexibility index (Phi) is 3.41. The lowest BCUT2D eigenvalue weighted by Gasteiger charge is -1.99. The molecule has 19 heavy (non-hydrogen) atoms. The number of carbonyl (C=O) groups excluding carboxylic acids is 1. The fourth-order valence-corrected chi connectivity index (χ4v) is 1.62. The van der Waals surface area contributed by atoms with Crippen molar-refractivity contribution in [1.82, 2.24) is 0 Å². The molecule has 0 saturated carbocycles. The third kappa shape index (κ3) is 2.52. The van der Waals surface area contributed by atoms with Gasteiger partial charge in [-0.3, -0.25) is 14.9 Å². The first kappa shape index (κ1) is 12.9. The molecule has 98 valence electrons. The first-order valence-corrected chi connectivity index (χ1v) is 5.60. The monoisotopic (exact) mass is 263 g/mol. The maximum Gasteiger partial charge on any atom is 0.272 e. The average Bonchev–Trinajstić information content (AvgIpc) is 2.87. The van der Waals surface area contributed by atoms with Crippen molar-refractivity contribution in [2.45, 2.75) is 13.3 Å². The van der Waals surface area contributed by atoms with Crippen molar-refractivity contribution < 1.29 is 18.5 Å². The van der Waals surface area contributed by atoms with Gasteiger partial charge in [-0.2, -0.15) is 0 Å². The molecule has 1 aromatic carbocycles. The van der Waals surface area contributed by atoms with Gasteiger partial charge in [-0.25, -0.2) is 4.39 Å². The van der Waals surface area contributed by atoms with Crippen LogP contribution in [0.1, 0.15) is 23.9 Å². The van der Waals surface area contributed by atoms with Crippen LogP contribution >= 0.6 is 0 Å². The van der Waals surface area contributed by atoms with E-state index in [1.807, 2.05) is 0 Å². The molecule has 0 spiro atoms. The molecule has 0 N–H and O–H groups in total. The van der Waals surface area contributed by atoms with Gasteiger partial charge in [0.2, 0.25) is 0 Å². The smallest absolute Gasteiger partial charge is 0.272 e. The van der Waals surface area contributed by atoms with Gasteiger partial charge in [-0.15, -0.1) is 0 Å². The second-order valence-electron chi connectivity index (χ2n) is 3.86. The van der Waals surface area contributed by atoms with Gasteiger partial charge >= 0.3 is 0 Å². The molecule has 0 aliphatic heterocycles. The molecule has 2 aromatic rings. The maximum absolute atomic E-state index is 13.7. The number of ketones is 1. The lowest BCUT2D eigenvalue weighted by atomic mass is 10.1. The molecule has 1 heterocycles. The molecule has 0 bridgehead atoms. The quantitative estimate of drug-likeness (QED) is 0.480. The van der Waals surface area contributed by atoms with E-state index in [-0.39, 0.29) is 35.0 Å². The van der Waals surface area contributed by atoms with E-state index in [0.717, 1.165) is 6.07 Å². The van der Waals surface area contributed by atoms with E-state index in [4.69, 9.17) is 4.42 Å². The van der Waals surface area contributed by atoms with Gasteiger partial charge in [0.05, 0.1) is 16.6 Å². The van der Waals surface area contributed by atoms with Gasteiger partial charge in [0.25, 0.3) is 5.69 Å². The van der Waals surface area contributed by atoms with Crippen LogP contribution in [0.4, 0.5) is 10.1 Å². The van der Waals surface area contributed by atoms with Crippen LogP contribution in [0.3, 0.4) is 0 Å². The summed E-state index contributed by atoms with van der Waals surface area (Å²) < 4.78 is 19.0. The number of hydrogen-bond acceptors (Lipinski definition) is 4. The van der Waals surface area contributed by atoms with Crippen molar-refractivity contribution in [3.8, 4) is 11.3 Å². The predicted molar refractivity (Wildman–Crippen MR) is 65.4 cm³/mol. The fourth-order valence-electron chi connectivity index (χ4n) is 1.62. The number of furan rings is 1. The molecule has 2 rings (SSSR count). The Hall–Kier alpha value is -2.50. The number of halogens is 1. The Bertz CT molecular complexity index is 648. The summed E-state index contributed by atoms with van der Waals surface area (Å²) in [5.41, 5.74) is -0.251. The number of benzene rings is 1. The Morgan fingerprint density at radius 3 is 2.68 bits per heavy atom. The lowest BCUT2D eigenvalue weighted by molar-refractivity contribution is -0.385. The maximum atomic E-state index is 13.7. The molecule has 0 saturated heterocycles. The summed E-state index contributed by atoms with van der Waals surface area (Å²) >= 11 is 0. The third-order valence-corrected chi connectivity index (χ3v) is 2.63. The number of nitro benzene ring substituents is 1. The van der Waals surface area contributed by atoms with E-state index in [0.29, 0.717) is 0 Å². The Morgan fingerprint density at radius 2 is 2.11 bits per heavy atom. The molecule has 6 heteroatoms. The van der Waals surface area contributed by atoms with Gasteiger partial charge in [0.1, 0.15) is 11.6 Å². The first-order valence-electron chi connectivity index (χ1n) is 5.60. The molecule has 0 atom stereocenters. The van der Waals surface area contributed by atoms with Gasteiger partial charge in [0.15, 0.2) is 11.5 Å². The minimum atomic E-state index is -0.765. The van der Waals surface area contributed by atoms with Gasteiger partial charge in [-0.1, -0.05) is 6.92 Å². The average molecular weight is 263 g/mol. The van der Waals surface area contributed by atoms with E-state index < -0.39 is 10.7 Å². The molecule has 1 aromatic heterocycles. The minimum Gasteiger partial charge on any atom is -0.453 e. The summed E-state index contributed by atoms with van der Waals surface area (Å²) in [6.45, 7) is 1.69. The molecule has 0 aliphatic rings. The van der Waals surface area contributed by atoms with E-state index in [9.17, 15) is 19.3 Å². The zero-order chi connectivity index (χ0) is 14.0. The topological polar surface area (TPSA) is 73.3 Å². The summed E-state index contributed by atoms with van der Waals surface area (Å²) in [6, 6.07) is 6.18. The Labute approximate surface area is 107 Å². The Balaban J connectivity index is 2.39. The zero-order valence-corrected chi connectivity index (χ0v) is 10.1. The number of nitrogens with zero attached hydrogens (tertiary/aromatic N) is 1. The van der Waals surface area contributed by atoms with Gasteiger partial charge < -0.3 is 4.42 Å². The standard InChI is InChI=1S/C13H10FNO4/c1-2-11(16)13-6-5-12(19-13)9-4-3-8(15(17)18)7-10(9)14/h3-7H,2H2,1H3. The molecular formula is C13H10FNO4. The van der Waals surface area contributed by atoms with Crippen molar-refractivity contribution in [2.75, 3.05) is 0 Å². The molecule has 0 amide bonds. The zero-order valence-electron chi connectivity index (χ0n) is 10.1. The SMILES string of the molecule is CCC(=O)c1ccc(-c2ccc([N+](=O)[O-])cc2F)o1. The molecule has 0 fully saturated rings. The number of rotatable bonds is 4. The third-order valence-electron chi connectivity index (χ3n) is 2.63. The lowest BCUT2D eigenvalue weighted by Crippen LogP contribution is -1.93. The summed E-state index contributed by atoms with van der Waals surface area (Å²) in [5, 5.41) is 10.5. The van der Waals surface area contributed by atoms with Crippen molar-refractivity contribution in [3.05, 3.63) is 52.0 Å². The summed E-state index contributed by atoms with van der Waals surface area (Å²) in [4.78, 5) is 21.2. The highest BCUT2D eigenvalue weighted by Crippen LogP contribution is 2.28. The van der Waals surface area contributed by atoms with Gasteiger partial charge in [-0.05, 0) is 18.2 Å². The molecule has 0 aliphatic carbocycles. The predicted octanol–water partition coefficient (Wildman–Crippen LogP) is 3.59. The van der Waals surface area contributed by atoms with Crippen LogP contribution in [0, 0.1) is 15.9 Å². The summed E-state index contributed by atoms with van der Waals surface area (Å²) in [5.74, 6) is -0.632. The van der Waals surface area contributed by atoms with Crippen LogP contribution in [0.25, 0.3) is 11.3 Å². The van der Waals surface area contributed by atoms with Crippen LogP contribution in [-0.2, 0) is 0 Å². The molecule has 0 unspecified atom stereocenters. The van der Waals surface area contributed by atoms with Crippen LogP contribution in [0.2, 0.25) is 0 Å². The highest BCUT2D eigenvalue weighted by atomic mass is 19.1. The highest BCUT2D eigenvalue weighted by molar-refractivity contribution is 5.93. The fraction of sp³-hybridized carbons (Fsp3) is 0.154. The van der Waals surface area contributed by atoms with Crippen molar-refractivity contribution in [1.29, 1.82) is 0 Å². The molecule has 5 nitrogen and oxygen atoms in total. The van der Waals surface area contributed by atoms with E-state index in [1.54, 1.807) is 6.92 Å². The number of Topliss-reactive ketones (excluding diaryl/α,β-unsaturated/α-hetero) is 1.